The highest BCUT2D eigenvalue weighted by Gasteiger charge is 2.25. The van der Waals surface area contributed by atoms with Crippen molar-refractivity contribution < 1.29 is 4.74 Å². The molecule has 17 heavy (non-hydrogen) atoms. The molecule has 2 aliphatic rings. The second kappa shape index (κ2) is 6.37. The van der Waals surface area contributed by atoms with Crippen LogP contribution in [0.2, 0.25) is 0 Å². The van der Waals surface area contributed by atoms with Crippen LogP contribution in [0.15, 0.2) is 0 Å². The minimum Gasteiger partial charge on any atom is -0.374 e. The minimum absolute atomic E-state index is 0.387. The molecule has 0 spiro atoms. The fourth-order valence-corrected chi connectivity index (χ4v) is 2.89. The Labute approximate surface area is 110 Å². The Bertz CT molecular complexity index is 229. The van der Waals surface area contributed by atoms with Gasteiger partial charge in [0.05, 0.1) is 12.7 Å². The van der Waals surface area contributed by atoms with Crippen LogP contribution >= 0.6 is 11.6 Å². The average Bonchev–Trinajstić information content (AvgIpc) is 2.32. The van der Waals surface area contributed by atoms with E-state index in [1.165, 1.54) is 0 Å². The standard InChI is InChI=1S/C13H25ClN2O/c1-11(2)16-7-8-17-13(10-16)9-15-5-3-12(14)4-6-15/h11-13H,3-10H2,1-2H3. The third-order valence-corrected chi connectivity index (χ3v) is 4.32. The van der Waals surface area contributed by atoms with E-state index in [2.05, 4.69) is 23.6 Å². The van der Waals surface area contributed by atoms with E-state index in [0.29, 0.717) is 17.5 Å². The van der Waals surface area contributed by atoms with Crippen molar-refractivity contribution in [2.75, 3.05) is 39.3 Å². The number of morpholine rings is 1. The van der Waals surface area contributed by atoms with Gasteiger partial charge in [0, 0.05) is 31.1 Å². The van der Waals surface area contributed by atoms with E-state index in [-0.39, 0.29) is 0 Å². The van der Waals surface area contributed by atoms with Crippen LogP contribution in [-0.4, -0.2) is 66.7 Å². The van der Waals surface area contributed by atoms with Gasteiger partial charge in [-0.2, -0.15) is 0 Å². The molecule has 2 fully saturated rings. The number of halogens is 1. The SMILES string of the molecule is CC(C)N1CCOC(CN2CCC(Cl)CC2)C1. The summed E-state index contributed by atoms with van der Waals surface area (Å²) in [5.41, 5.74) is 0. The Morgan fingerprint density at radius 3 is 2.59 bits per heavy atom. The van der Waals surface area contributed by atoms with Gasteiger partial charge >= 0.3 is 0 Å². The third-order valence-electron chi connectivity index (χ3n) is 3.88. The number of piperidine rings is 1. The molecular weight excluding hydrogens is 236 g/mol. The van der Waals surface area contributed by atoms with Crippen molar-refractivity contribution in [1.29, 1.82) is 0 Å². The zero-order valence-electron chi connectivity index (χ0n) is 11.1. The number of rotatable bonds is 3. The molecule has 1 atom stereocenters. The van der Waals surface area contributed by atoms with Gasteiger partial charge in [-0.15, -0.1) is 11.6 Å². The molecule has 2 rings (SSSR count). The van der Waals surface area contributed by atoms with Crippen LogP contribution in [0.1, 0.15) is 26.7 Å². The molecule has 0 bridgehead atoms. The average molecular weight is 261 g/mol. The molecule has 2 saturated heterocycles. The topological polar surface area (TPSA) is 15.7 Å². The second-order valence-electron chi connectivity index (χ2n) is 5.56. The summed E-state index contributed by atoms with van der Waals surface area (Å²) >= 11 is 6.12. The molecule has 1 unspecified atom stereocenters. The fourth-order valence-electron chi connectivity index (χ4n) is 2.69. The van der Waals surface area contributed by atoms with Crippen LogP contribution in [-0.2, 0) is 4.74 Å². The van der Waals surface area contributed by atoms with Gasteiger partial charge < -0.3 is 9.64 Å². The molecule has 0 aromatic rings. The lowest BCUT2D eigenvalue weighted by Crippen LogP contribution is -2.50. The van der Waals surface area contributed by atoms with E-state index in [1.807, 2.05) is 0 Å². The first-order chi connectivity index (χ1) is 8.15. The van der Waals surface area contributed by atoms with Gasteiger partial charge in [-0.05, 0) is 39.8 Å². The summed E-state index contributed by atoms with van der Waals surface area (Å²) < 4.78 is 5.87. The first-order valence-corrected chi connectivity index (χ1v) is 7.31. The number of hydrogen-bond donors (Lipinski definition) is 0. The molecule has 0 N–H and O–H groups in total. The van der Waals surface area contributed by atoms with E-state index in [1.54, 1.807) is 0 Å². The molecule has 0 saturated carbocycles. The molecular formula is C13H25ClN2O. The predicted molar refractivity (Wildman–Crippen MR) is 71.8 cm³/mol. The summed E-state index contributed by atoms with van der Waals surface area (Å²) in [6.07, 6.45) is 2.64. The highest BCUT2D eigenvalue weighted by Crippen LogP contribution is 2.17. The van der Waals surface area contributed by atoms with E-state index >= 15 is 0 Å². The molecule has 100 valence electrons. The van der Waals surface area contributed by atoms with Gasteiger partial charge in [0.25, 0.3) is 0 Å². The smallest absolute Gasteiger partial charge is 0.0829 e. The van der Waals surface area contributed by atoms with Crippen molar-refractivity contribution >= 4 is 11.6 Å². The highest BCUT2D eigenvalue weighted by atomic mass is 35.5. The van der Waals surface area contributed by atoms with Crippen LogP contribution in [0, 0.1) is 0 Å². The number of alkyl halides is 1. The molecule has 2 aliphatic heterocycles. The Balaban J connectivity index is 1.75. The minimum atomic E-state index is 0.387. The van der Waals surface area contributed by atoms with Gasteiger partial charge in [-0.1, -0.05) is 0 Å². The first kappa shape index (κ1) is 13.6. The Hall–Kier alpha value is 0.170. The van der Waals surface area contributed by atoms with Crippen molar-refractivity contribution in [3.63, 3.8) is 0 Å². The fraction of sp³-hybridized carbons (Fsp3) is 1.00. The molecule has 0 radical (unpaired) electrons. The van der Waals surface area contributed by atoms with Gasteiger partial charge in [0.2, 0.25) is 0 Å². The second-order valence-corrected chi connectivity index (χ2v) is 6.17. The highest BCUT2D eigenvalue weighted by molar-refractivity contribution is 6.20. The number of likely N-dealkylation sites (tertiary alicyclic amines) is 1. The Kier molecular flexibility index (Phi) is 5.10. The van der Waals surface area contributed by atoms with Crippen molar-refractivity contribution in [1.82, 2.24) is 9.80 Å². The van der Waals surface area contributed by atoms with Gasteiger partial charge in [-0.3, -0.25) is 4.90 Å². The molecule has 0 aromatic carbocycles. The molecule has 0 amide bonds. The lowest BCUT2D eigenvalue weighted by Gasteiger charge is -2.39. The number of nitrogens with zero attached hydrogens (tertiary/aromatic N) is 2. The molecule has 2 heterocycles. The maximum Gasteiger partial charge on any atom is 0.0829 e. The summed E-state index contributed by atoms with van der Waals surface area (Å²) in [7, 11) is 0. The normalized spacial score (nSPS) is 30.0. The van der Waals surface area contributed by atoms with Crippen molar-refractivity contribution in [3.05, 3.63) is 0 Å². The van der Waals surface area contributed by atoms with Crippen LogP contribution in [0.25, 0.3) is 0 Å². The van der Waals surface area contributed by atoms with Gasteiger partial charge in [-0.25, -0.2) is 0 Å². The first-order valence-electron chi connectivity index (χ1n) is 6.87. The van der Waals surface area contributed by atoms with Crippen LogP contribution in [0.5, 0.6) is 0 Å². The largest absolute Gasteiger partial charge is 0.374 e. The number of hydrogen-bond acceptors (Lipinski definition) is 3. The van der Waals surface area contributed by atoms with Gasteiger partial charge in [0.1, 0.15) is 0 Å². The lowest BCUT2D eigenvalue weighted by molar-refractivity contribution is -0.0536. The van der Waals surface area contributed by atoms with Crippen LogP contribution in [0.4, 0.5) is 0 Å². The van der Waals surface area contributed by atoms with Crippen LogP contribution in [0.3, 0.4) is 0 Å². The zero-order chi connectivity index (χ0) is 12.3. The summed E-state index contributed by atoms with van der Waals surface area (Å²) in [6, 6.07) is 0.634. The summed E-state index contributed by atoms with van der Waals surface area (Å²) in [4.78, 5) is 5.02. The van der Waals surface area contributed by atoms with Crippen molar-refractivity contribution in [3.8, 4) is 0 Å². The maximum atomic E-state index is 6.12. The zero-order valence-corrected chi connectivity index (χ0v) is 11.8. The van der Waals surface area contributed by atoms with Crippen molar-refractivity contribution in [2.24, 2.45) is 0 Å². The quantitative estimate of drug-likeness (QED) is 0.720. The van der Waals surface area contributed by atoms with E-state index in [4.69, 9.17) is 16.3 Å². The van der Waals surface area contributed by atoms with E-state index in [9.17, 15) is 0 Å². The number of ether oxygens (including phenoxy) is 1. The van der Waals surface area contributed by atoms with Crippen molar-refractivity contribution in [2.45, 2.75) is 44.2 Å². The summed E-state index contributed by atoms with van der Waals surface area (Å²) in [6.45, 7) is 10.9. The molecule has 4 heteroatoms. The van der Waals surface area contributed by atoms with E-state index in [0.717, 1.165) is 52.2 Å². The molecule has 0 aromatic heterocycles. The van der Waals surface area contributed by atoms with E-state index < -0.39 is 0 Å². The summed E-state index contributed by atoms with van der Waals surface area (Å²) in [5, 5.41) is 0.394. The summed E-state index contributed by atoms with van der Waals surface area (Å²) in [5.74, 6) is 0. The lowest BCUT2D eigenvalue weighted by atomic mass is 10.1. The predicted octanol–water partition coefficient (Wildman–Crippen LogP) is 1.80. The molecule has 3 nitrogen and oxygen atoms in total. The molecule has 0 aliphatic carbocycles. The Morgan fingerprint density at radius 2 is 1.94 bits per heavy atom. The third kappa shape index (κ3) is 4.09. The maximum absolute atomic E-state index is 6.12. The Morgan fingerprint density at radius 1 is 1.24 bits per heavy atom. The monoisotopic (exact) mass is 260 g/mol. The van der Waals surface area contributed by atoms with Crippen LogP contribution < -0.4 is 0 Å². The van der Waals surface area contributed by atoms with Gasteiger partial charge in [0.15, 0.2) is 0 Å².